The van der Waals surface area contributed by atoms with E-state index in [9.17, 15) is 0 Å². The molecule has 2 N–H and O–H groups in total. The number of rotatable bonds is 4. The van der Waals surface area contributed by atoms with E-state index in [1.165, 1.54) is 54.6 Å². The summed E-state index contributed by atoms with van der Waals surface area (Å²) in [4.78, 5) is 8.38. The van der Waals surface area contributed by atoms with Crippen molar-refractivity contribution in [2.45, 2.75) is 58.5 Å². The molecule has 132 valence electrons. The van der Waals surface area contributed by atoms with Crippen molar-refractivity contribution in [3.8, 4) is 11.4 Å². The second-order valence-electron chi connectivity index (χ2n) is 8.86. The standard InChI is InChI=1S/C22H29N3/c1-13-3-5-17(6-4-13)22-24-14(2)20(25-22)12-23-21-18-8-15-7-16(10-18)11-19(21)9-15/h3-6,15-16,18-19,21,23H,7-12H2,1-2H3,(H,24,25). The summed E-state index contributed by atoms with van der Waals surface area (Å²) in [5.41, 5.74) is 4.85. The van der Waals surface area contributed by atoms with Crippen LogP contribution >= 0.6 is 0 Å². The monoisotopic (exact) mass is 335 g/mol. The second kappa shape index (κ2) is 5.98. The molecule has 1 aromatic heterocycles. The van der Waals surface area contributed by atoms with Gasteiger partial charge in [0, 0.05) is 23.8 Å². The van der Waals surface area contributed by atoms with Gasteiger partial charge in [-0.15, -0.1) is 0 Å². The molecular weight excluding hydrogens is 306 g/mol. The van der Waals surface area contributed by atoms with Gasteiger partial charge in [0.15, 0.2) is 0 Å². The summed E-state index contributed by atoms with van der Waals surface area (Å²) >= 11 is 0. The third kappa shape index (κ3) is 2.83. The van der Waals surface area contributed by atoms with E-state index in [0.717, 1.165) is 42.1 Å². The van der Waals surface area contributed by atoms with Crippen LogP contribution in [0.25, 0.3) is 11.4 Å². The Bertz CT molecular complexity index is 730. The summed E-state index contributed by atoms with van der Waals surface area (Å²) in [6.45, 7) is 5.18. The molecule has 0 unspecified atom stereocenters. The van der Waals surface area contributed by atoms with Gasteiger partial charge in [-0.3, -0.25) is 0 Å². The maximum atomic E-state index is 4.89. The summed E-state index contributed by atoms with van der Waals surface area (Å²) < 4.78 is 0. The lowest BCUT2D eigenvalue weighted by molar-refractivity contribution is -0.0143. The number of nitrogens with one attached hydrogen (secondary N) is 2. The highest BCUT2D eigenvalue weighted by Crippen LogP contribution is 2.53. The smallest absolute Gasteiger partial charge is 0.137 e. The molecule has 1 heterocycles. The van der Waals surface area contributed by atoms with E-state index in [1.807, 2.05) is 0 Å². The van der Waals surface area contributed by atoms with Crippen LogP contribution in [0.1, 0.15) is 49.1 Å². The predicted octanol–water partition coefficient (Wildman–Crippen LogP) is 4.61. The average Bonchev–Trinajstić information content (AvgIpc) is 2.95. The van der Waals surface area contributed by atoms with E-state index < -0.39 is 0 Å². The third-order valence-electron chi connectivity index (χ3n) is 7.04. The molecule has 0 radical (unpaired) electrons. The van der Waals surface area contributed by atoms with E-state index in [1.54, 1.807) is 0 Å². The minimum atomic E-state index is 0.728. The van der Waals surface area contributed by atoms with Crippen molar-refractivity contribution in [1.82, 2.24) is 15.3 Å². The lowest BCUT2D eigenvalue weighted by Crippen LogP contribution is -2.54. The summed E-state index contributed by atoms with van der Waals surface area (Å²) in [6, 6.07) is 9.34. The molecule has 25 heavy (non-hydrogen) atoms. The van der Waals surface area contributed by atoms with Gasteiger partial charge in [0.1, 0.15) is 5.82 Å². The van der Waals surface area contributed by atoms with E-state index in [0.29, 0.717) is 0 Å². The van der Waals surface area contributed by atoms with Gasteiger partial charge in [0.05, 0.1) is 5.69 Å². The van der Waals surface area contributed by atoms with Crippen LogP contribution in [0.5, 0.6) is 0 Å². The van der Waals surface area contributed by atoms with Crippen molar-refractivity contribution in [3.63, 3.8) is 0 Å². The number of imidazole rings is 1. The van der Waals surface area contributed by atoms with Crippen LogP contribution < -0.4 is 5.32 Å². The maximum absolute atomic E-state index is 4.89. The molecule has 4 aliphatic carbocycles. The van der Waals surface area contributed by atoms with Crippen molar-refractivity contribution in [2.24, 2.45) is 23.7 Å². The van der Waals surface area contributed by atoms with Crippen LogP contribution in [0.3, 0.4) is 0 Å². The molecule has 4 saturated carbocycles. The predicted molar refractivity (Wildman–Crippen MR) is 101 cm³/mol. The van der Waals surface area contributed by atoms with Gasteiger partial charge in [-0.25, -0.2) is 4.98 Å². The van der Waals surface area contributed by atoms with Gasteiger partial charge in [-0.2, -0.15) is 0 Å². The fourth-order valence-electron chi connectivity index (χ4n) is 5.99. The van der Waals surface area contributed by atoms with Crippen LogP contribution in [0.15, 0.2) is 24.3 Å². The molecule has 0 saturated heterocycles. The summed E-state index contributed by atoms with van der Waals surface area (Å²) in [5.74, 6) is 4.93. The Kier molecular flexibility index (Phi) is 3.74. The van der Waals surface area contributed by atoms with Crippen molar-refractivity contribution in [3.05, 3.63) is 41.2 Å². The van der Waals surface area contributed by atoms with Crippen molar-refractivity contribution in [2.75, 3.05) is 0 Å². The number of aryl methyl sites for hydroxylation is 2. The lowest BCUT2D eigenvalue weighted by atomic mass is 9.54. The molecular formula is C22H29N3. The van der Waals surface area contributed by atoms with Crippen LogP contribution in [0.4, 0.5) is 0 Å². The summed E-state index contributed by atoms with van der Waals surface area (Å²) in [6.07, 6.45) is 7.41. The Morgan fingerprint density at radius 3 is 2.24 bits per heavy atom. The highest BCUT2D eigenvalue weighted by Gasteiger charge is 2.47. The molecule has 4 fully saturated rings. The molecule has 0 spiro atoms. The van der Waals surface area contributed by atoms with Crippen molar-refractivity contribution in [1.29, 1.82) is 0 Å². The van der Waals surface area contributed by atoms with E-state index in [2.05, 4.69) is 48.4 Å². The van der Waals surface area contributed by atoms with Crippen LogP contribution in [-0.4, -0.2) is 16.0 Å². The van der Waals surface area contributed by atoms with Gasteiger partial charge < -0.3 is 10.3 Å². The van der Waals surface area contributed by atoms with Gasteiger partial charge in [-0.1, -0.05) is 29.8 Å². The molecule has 4 bridgehead atoms. The fourth-order valence-corrected chi connectivity index (χ4v) is 5.99. The maximum Gasteiger partial charge on any atom is 0.137 e. The number of hydrogen-bond donors (Lipinski definition) is 2. The average molecular weight is 335 g/mol. The zero-order valence-electron chi connectivity index (χ0n) is 15.4. The number of H-pyrrole nitrogens is 1. The largest absolute Gasteiger partial charge is 0.342 e. The van der Waals surface area contributed by atoms with Gasteiger partial charge in [-0.05, 0) is 69.6 Å². The molecule has 3 heteroatoms. The molecule has 3 nitrogen and oxygen atoms in total. The van der Waals surface area contributed by atoms with Crippen molar-refractivity contribution >= 4 is 0 Å². The van der Waals surface area contributed by atoms with Gasteiger partial charge in [0.25, 0.3) is 0 Å². The van der Waals surface area contributed by atoms with E-state index in [-0.39, 0.29) is 0 Å². The first-order valence-corrected chi connectivity index (χ1v) is 10.0. The minimum Gasteiger partial charge on any atom is -0.342 e. The Labute approximate surface area is 150 Å². The Morgan fingerprint density at radius 1 is 0.960 bits per heavy atom. The Morgan fingerprint density at radius 2 is 1.60 bits per heavy atom. The fraction of sp³-hybridized carbons (Fsp3) is 0.591. The topological polar surface area (TPSA) is 40.7 Å². The number of hydrogen-bond acceptors (Lipinski definition) is 2. The first kappa shape index (κ1) is 15.6. The zero-order chi connectivity index (χ0) is 17.0. The number of aromatic nitrogens is 2. The first-order valence-electron chi connectivity index (χ1n) is 10.0. The molecule has 0 atom stereocenters. The van der Waals surface area contributed by atoms with Gasteiger partial charge in [0.2, 0.25) is 0 Å². The van der Waals surface area contributed by atoms with Crippen LogP contribution in [0.2, 0.25) is 0 Å². The minimum absolute atomic E-state index is 0.728. The highest BCUT2D eigenvalue weighted by atomic mass is 15.0. The van der Waals surface area contributed by atoms with Crippen molar-refractivity contribution < 1.29 is 0 Å². The molecule has 6 rings (SSSR count). The second-order valence-corrected chi connectivity index (χ2v) is 8.86. The molecule has 2 aromatic rings. The summed E-state index contributed by atoms with van der Waals surface area (Å²) in [5, 5.41) is 3.91. The Hall–Kier alpha value is -1.61. The van der Waals surface area contributed by atoms with E-state index >= 15 is 0 Å². The molecule has 1 aromatic carbocycles. The SMILES string of the molecule is Cc1ccc(-c2nc(CNC3C4CC5CC(C4)CC3C5)c(C)[nH]2)cc1. The molecule has 0 aliphatic heterocycles. The third-order valence-corrected chi connectivity index (χ3v) is 7.04. The van der Waals surface area contributed by atoms with Crippen LogP contribution in [-0.2, 0) is 6.54 Å². The first-order chi connectivity index (χ1) is 12.2. The number of nitrogens with zero attached hydrogens (tertiary/aromatic N) is 1. The Balaban J connectivity index is 1.29. The summed E-state index contributed by atoms with van der Waals surface area (Å²) in [7, 11) is 0. The molecule has 4 aliphatic rings. The zero-order valence-corrected chi connectivity index (χ0v) is 15.4. The van der Waals surface area contributed by atoms with Crippen LogP contribution in [0, 0.1) is 37.5 Å². The lowest BCUT2D eigenvalue weighted by Gasteiger charge is -2.54. The van der Waals surface area contributed by atoms with E-state index in [4.69, 9.17) is 4.98 Å². The highest BCUT2D eigenvalue weighted by molar-refractivity contribution is 5.56. The molecule has 0 amide bonds. The number of benzene rings is 1. The number of aromatic amines is 1. The quantitative estimate of drug-likeness (QED) is 0.857. The van der Waals surface area contributed by atoms with Gasteiger partial charge >= 0.3 is 0 Å². The normalized spacial score (nSPS) is 33.1.